The van der Waals surface area contributed by atoms with Crippen LogP contribution in [0.15, 0.2) is 17.2 Å². The molecule has 4 nitrogen and oxygen atoms in total. The summed E-state index contributed by atoms with van der Waals surface area (Å²) in [7, 11) is 0. The molecule has 2 rings (SSSR count). The van der Waals surface area contributed by atoms with Gasteiger partial charge < -0.3 is 9.88 Å². The SMILES string of the molecule is CCn1ccnc(NCCC2CCC(C)CC2)c1=O. The maximum absolute atomic E-state index is 12.0. The molecule has 1 aromatic rings. The molecule has 1 aromatic heterocycles. The lowest BCUT2D eigenvalue weighted by atomic mass is 9.81. The fourth-order valence-electron chi connectivity index (χ4n) is 2.83. The van der Waals surface area contributed by atoms with Crippen molar-refractivity contribution in [2.24, 2.45) is 11.8 Å². The third kappa shape index (κ3) is 3.82. The van der Waals surface area contributed by atoms with Crippen LogP contribution < -0.4 is 10.9 Å². The van der Waals surface area contributed by atoms with Gasteiger partial charge in [0, 0.05) is 25.5 Å². The van der Waals surface area contributed by atoms with Gasteiger partial charge in [-0.25, -0.2) is 4.98 Å². The summed E-state index contributed by atoms with van der Waals surface area (Å²) in [6.07, 6.45) is 9.96. The fourth-order valence-corrected chi connectivity index (χ4v) is 2.83. The topological polar surface area (TPSA) is 46.9 Å². The van der Waals surface area contributed by atoms with E-state index < -0.39 is 0 Å². The minimum atomic E-state index is -0.0118. The van der Waals surface area contributed by atoms with Gasteiger partial charge in [-0.2, -0.15) is 0 Å². The lowest BCUT2D eigenvalue weighted by Gasteiger charge is -2.26. The van der Waals surface area contributed by atoms with E-state index in [2.05, 4.69) is 17.2 Å². The fraction of sp³-hybridized carbons (Fsp3) is 0.733. The molecule has 0 bridgehead atoms. The smallest absolute Gasteiger partial charge is 0.293 e. The van der Waals surface area contributed by atoms with Gasteiger partial charge in [0.2, 0.25) is 0 Å². The molecule has 0 aliphatic heterocycles. The highest BCUT2D eigenvalue weighted by molar-refractivity contribution is 5.30. The first-order valence-electron chi connectivity index (χ1n) is 7.50. The highest BCUT2D eigenvalue weighted by Crippen LogP contribution is 2.30. The molecule has 1 aliphatic carbocycles. The van der Waals surface area contributed by atoms with Crippen LogP contribution in [0.4, 0.5) is 5.82 Å². The molecule has 1 saturated carbocycles. The standard InChI is InChI=1S/C15H25N3O/c1-3-18-11-10-17-14(15(18)19)16-9-8-13-6-4-12(2)5-7-13/h10-13H,3-9H2,1-2H3,(H,16,17). The maximum atomic E-state index is 12.0. The lowest BCUT2D eigenvalue weighted by Crippen LogP contribution is -2.25. The van der Waals surface area contributed by atoms with Crippen LogP contribution >= 0.6 is 0 Å². The zero-order valence-corrected chi connectivity index (χ0v) is 12.1. The Kier molecular flexibility index (Phi) is 5.00. The van der Waals surface area contributed by atoms with Crippen molar-refractivity contribution in [3.8, 4) is 0 Å². The van der Waals surface area contributed by atoms with Crippen LogP contribution in [0.2, 0.25) is 0 Å². The average molecular weight is 263 g/mol. The molecular formula is C15H25N3O. The normalized spacial score (nSPS) is 23.3. The minimum Gasteiger partial charge on any atom is -0.365 e. The van der Waals surface area contributed by atoms with E-state index in [1.165, 1.54) is 25.7 Å². The molecule has 1 heterocycles. The number of nitrogens with one attached hydrogen (secondary N) is 1. The monoisotopic (exact) mass is 263 g/mol. The van der Waals surface area contributed by atoms with Crippen LogP contribution in [0.1, 0.15) is 46.0 Å². The van der Waals surface area contributed by atoms with Gasteiger partial charge in [0.15, 0.2) is 5.82 Å². The number of aryl methyl sites for hydroxylation is 1. The summed E-state index contributed by atoms with van der Waals surface area (Å²) in [4.78, 5) is 16.1. The Bertz CT molecular complexity index is 447. The van der Waals surface area contributed by atoms with Crippen LogP contribution in [0.25, 0.3) is 0 Å². The summed E-state index contributed by atoms with van der Waals surface area (Å²) < 4.78 is 1.68. The number of anilines is 1. The van der Waals surface area contributed by atoms with Crippen molar-refractivity contribution >= 4 is 5.82 Å². The van der Waals surface area contributed by atoms with Crippen LogP contribution in [0, 0.1) is 11.8 Å². The predicted molar refractivity (Wildman–Crippen MR) is 78.4 cm³/mol. The zero-order valence-electron chi connectivity index (χ0n) is 12.1. The van der Waals surface area contributed by atoms with Crippen molar-refractivity contribution in [1.82, 2.24) is 9.55 Å². The Morgan fingerprint density at radius 2 is 2.11 bits per heavy atom. The number of hydrogen-bond acceptors (Lipinski definition) is 3. The van der Waals surface area contributed by atoms with Crippen LogP contribution in [-0.4, -0.2) is 16.1 Å². The second-order valence-electron chi connectivity index (χ2n) is 5.71. The van der Waals surface area contributed by atoms with Crippen molar-refractivity contribution in [3.05, 3.63) is 22.7 Å². The predicted octanol–water partition coefficient (Wildman–Crippen LogP) is 2.89. The van der Waals surface area contributed by atoms with Crippen molar-refractivity contribution in [3.63, 3.8) is 0 Å². The Morgan fingerprint density at radius 3 is 2.79 bits per heavy atom. The Morgan fingerprint density at radius 1 is 1.37 bits per heavy atom. The Hall–Kier alpha value is -1.32. The van der Waals surface area contributed by atoms with E-state index >= 15 is 0 Å². The van der Waals surface area contributed by atoms with E-state index in [0.29, 0.717) is 12.4 Å². The third-order valence-electron chi connectivity index (χ3n) is 4.23. The molecule has 1 fully saturated rings. The first-order valence-corrected chi connectivity index (χ1v) is 7.50. The number of nitrogens with zero attached hydrogens (tertiary/aromatic N) is 2. The second kappa shape index (κ2) is 6.73. The van der Waals surface area contributed by atoms with Crippen LogP contribution in [-0.2, 0) is 6.54 Å². The van der Waals surface area contributed by atoms with Gasteiger partial charge in [-0.1, -0.05) is 32.6 Å². The van der Waals surface area contributed by atoms with Gasteiger partial charge in [0.05, 0.1) is 0 Å². The largest absolute Gasteiger partial charge is 0.365 e. The lowest BCUT2D eigenvalue weighted by molar-refractivity contribution is 0.282. The molecular weight excluding hydrogens is 238 g/mol. The quantitative estimate of drug-likeness (QED) is 0.888. The summed E-state index contributed by atoms with van der Waals surface area (Å²) >= 11 is 0. The molecule has 1 N–H and O–H groups in total. The molecule has 0 unspecified atom stereocenters. The minimum absolute atomic E-state index is 0.0118. The van der Waals surface area contributed by atoms with Crippen molar-refractivity contribution in [1.29, 1.82) is 0 Å². The van der Waals surface area contributed by atoms with Crippen LogP contribution in [0.5, 0.6) is 0 Å². The first-order chi connectivity index (χ1) is 9.20. The molecule has 4 heteroatoms. The molecule has 19 heavy (non-hydrogen) atoms. The Balaban J connectivity index is 1.81. The van der Waals surface area contributed by atoms with Gasteiger partial charge in [-0.05, 0) is 25.2 Å². The van der Waals surface area contributed by atoms with E-state index in [9.17, 15) is 4.79 Å². The van der Waals surface area contributed by atoms with Gasteiger partial charge in [-0.3, -0.25) is 4.79 Å². The van der Waals surface area contributed by atoms with Crippen molar-refractivity contribution in [2.45, 2.75) is 52.5 Å². The molecule has 0 saturated heterocycles. The molecule has 0 radical (unpaired) electrons. The molecule has 1 aliphatic rings. The van der Waals surface area contributed by atoms with Gasteiger partial charge in [0.25, 0.3) is 5.56 Å². The number of rotatable bonds is 5. The average Bonchev–Trinajstić information content (AvgIpc) is 2.43. The molecule has 0 amide bonds. The van der Waals surface area contributed by atoms with E-state index in [0.717, 1.165) is 24.8 Å². The summed E-state index contributed by atoms with van der Waals surface area (Å²) in [6, 6.07) is 0. The van der Waals surface area contributed by atoms with Gasteiger partial charge >= 0.3 is 0 Å². The van der Waals surface area contributed by atoms with Gasteiger partial charge in [-0.15, -0.1) is 0 Å². The summed E-state index contributed by atoms with van der Waals surface area (Å²) in [5.74, 6) is 2.21. The number of hydrogen-bond donors (Lipinski definition) is 1. The molecule has 106 valence electrons. The third-order valence-corrected chi connectivity index (χ3v) is 4.23. The van der Waals surface area contributed by atoms with E-state index in [1.807, 2.05) is 6.92 Å². The van der Waals surface area contributed by atoms with Gasteiger partial charge in [0.1, 0.15) is 0 Å². The highest BCUT2D eigenvalue weighted by atomic mass is 16.1. The van der Waals surface area contributed by atoms with Crippen molar-refractivity contribution in [2.75, 3.05) is 11.9 Å². The number of aromatic nitrogens is 2. The Labute approximate surface area is 115 Å². The summed E-state index contributed by atoms with van der Waals surface area (Å²) in [5.41, 5.74) is -0.0118. The summed E-state index contributed by atoms with van der Waals surface area (Å²) in [6.45, 7) is 5.86. The molecule has 0 atom stereocenters. The van der Waals surface area contributed by atoms with E-state index in [1.54, 1.807) is 17.0 Å². The van der Waals surface area contributed by atoms with E-state index in [-0.39, 0.29) is 5.56 Å². The molecule has 0 aromatic carbocycles. The molecule has 0 spiro atoms. The van der Waals surface area contributed by atoms with Crippen molar-refractivity contribution < 1.29 is 0 Å². The zero-order chi connectivity index (χ0) is 13.7. The van der Waals surface area contributed by atoms with E-state index in [4.69, 9.17) is 0 Å². The highest BCUT2D eigenvalue weighted by Gasteiger charge is 2.17. The van der Waals surface area contributed by atoms with Crippen LogP contribution in [0.3, 0.4) is 0 Å². The second-order valence-corrected chi connectivity index (χ2v) is 5.71. The summed E-state index contributed by atoms with van der Waals surface area (Å²) in [5, 5.41) is 3.20. The maximum Gasteiger partial charge on any atom is 0.293 e. The first kappa shape index (κ1) is 14.1.